The SMILES string of the molecule is O=C(Cc1ccc(Br)c([N+](=O)[O-])c1)N1CCC=C(F)C1. The molecule has 1 aromatic rings. The van der Waals surface area contributed by atoms with Gasteiger partial charge in [-0.1, -0.05) is 6.07 Å². The molecule has 0 bridgehead atoms. The molecule has 106 valence electrons. The predicted molar refractivity (Wildman–Crippen MR) is 74.9 cm³/mol. The van der Waals surface area contributed by atoms with E-state index in [1.54, 1.807) is 6.07 Å². The molecule has 1 aliphatic rings. The Morgan fingerprint density at radius 3 is 2.90 bits per heavy atom. The third-order valence-electron chi connectivity index (χ3n) is 3.02. The van der Waals surface area contributed by atoms with E-state index in [0.29, 0.717) is 23.0 Å². The van der Waals surface area contributed by atoms with Gasteiger partial charge in [0.05, 0.1) is 22.4 Å². The van der Waals surface area contributed by atoms with Gasteiger partial charge < -0.3 is 4.90 Å². The second-order valence-corrected chi connectivity index (χ2v) is 5.33. The summed E-state index contributed by atoms with van der Waals surface area (Å²) in [4.78, 5) is 23.8. The fourth-order valence-corrected chi connectivity index (χ4v) is 2.40. The van der Waals surface area contributed by atoms with E-state index in [9.17, 15) is 19.3 Å². The summed E-state index contributed by atoms with van der Waals surface area (Å²) in [6, 6.07) is 4.54. The molecule has 0 aliphatic carbocycles. The van der Waals surface area contributed by atoms with Crippen LogP contribution < -0.4 is 0 Å². The van der Waals surface area contributed by atoms with Crippen LogP contribution in [0.25, 0.3) is 0 Å². The van der Waals surface area contributed by atoms with Crippen LogP contribution in [0.15, 0.2) is 34.6 Å². The van der Waals surface area contributed by atoms with Gasteiger partial charge in [0.25, 0.3) is 5.69 Å². The lowest BCUT2D eigenvalue weighted by Gasteiger charge is -2.24. The van der Waals surface area contributed by atoms with E-state index >= 15 is 0 Å². The number of hydrogen-bond acceptors (Lipinski definition) is 3. The van der Waals surface area contributed by atoms with E-state index in [2.05, 4.69) is 15.9 Å². The molecule has 0 saturated carbocycles. The molecule has 1 aromatic carbocycles. The number of carbonyl (C=O) groups is 1. The number of nitro benzene ring substituents is 1. The number of benzene rings is 1. The highest BCUT2D eigenvalue weighted by atomic mass is 79.9. The smallest absolute Gasteiger partial charge is 0.283 e. The summed E-state index contributed by atoms with van der Waals surface area (Å²) in [6.45, 7) is 0.461. The second kappa shape index (κ2) is 6.13. The summed E-state index contributed by atoms with van der Waals surface area (Å²) in [5.74, 6) is -0.545. The Labute approximate surface area is 123 Å². The van der Waals surface area contributed by atoms with Crippen LogP contribution in [0.4, 0.5) is 10.1 Å². The fourth-order valence-electron chi connectivity index (χ4n) is 2.01. The van der Waals surface area contributed by atoms with Crippen molar-refractivity contribution in [3.63, 3.8) is 0 Å². The minimum atomic E-state index is -0.513. The number of hydrogen-bond donors (Lipinski definition) is 0. The average molecular weight is 343 g/mol. The first-order valence-electron chi connectivity index (χ1n) is 6.02. The molecule has 7 heteroatoms. The van der Waals surface area contributed by atoms with Crippen LogP contribution in [0.5, 0.6) is 0 Å². The van der Waals surface area contributed by atoms with E-state index < -0.39 is 4.92 Å². The van der Waals surface area contributed by atoms with Crippen LogP contribution in [0.1, 0.15) is 12.0 Å². The van der Waals surface area contributed by atoms with Crippen LogP contribution in [0, 0.1) is 10.1 Å². The fraction of sp³-hybridized carbons (Fsp3) is 0.308. The average Bonchev–Trinajstić information content (AvgIpc) is 2.40. The van der Waals surface area contributed by atoms with Crippen LogP contribution in [-0.2, 0) is 11.2 Å². The Hall–Kier alpha value is -1.76. The summed E-state index contributed by atoms with van der Waals surface area (Å²) in [5.41, 5.74) is 0.458. The molecule has 0 aromatic heterocycles. The summed E-state index contributed by atoms with van der Waals surface area (Å²) in [5, 5.41) is 10.8. The van der Waals surface area contributed by atoms with E-state index in [1.165, 1.54) is 23.1 Å². The second-order valence-electron chi connectivity index (χ2n) is 4.47. The highest BCUT2D eigenvalue weighted by molar-refractivity contribution is 9.10. The number of nitro groups is 1. The van der Waals surface area contributed by atoms with Crippen molar-refractivity contribution in [3.8, 4) is 0 Å². The highest BCUT2D eigenvalue weighted by Gasteiger charge is 2.20. The molecule has 0 atom stereocenters. The van der Waals surface area contributed by atoms with Gasteiger partial charge in [-0.05, 0) is 40.1 Å². The number of halogens is 2. The molecule has 1 heterocycles. The first-order valence-corrected chi connectivity index (χ1v) is 6.82. The van der Waals surface area contributed by atoms with Gasteiger partial charge in [-0.3, -0.25) is 14.9 Å². The predicted octanol–water partition coefficient (Wildman–Crippen LogP) is 2.99. The zero-order valence-corrected chi connectivity index (χ0v) is 12.1. The van der Waals surface area contributed by atoms with E-state index in [1.807, 2.05) is 0 Å². The van der Waals surface area contributed by atoms with Crippen molar-refractivity contribution in [2.45, 2.75) is 12.8 Å². The lowest BCUT2D eigenvalue weighted by atomic mass is 10.1. The third-order valence-corrected chi connectivity index (χ3v) is 3.69. The molecule has 2 rings (SSSR count). The molecule has 0 fully saturated rings. The Bertz CT molecular complexity index is 589. The Morgan fingerprint density at radius 1 is 1.50 bits per heavy atom. The number of rotatable bonds is 3. The molecule has 20 heavy (non-hydrogen) atoms. The topological polar surface area (TPSA) is 63.4 Å². The molecule has 0 N–H and O–H groups in total. The van der Waals surface area contributed by atoms with E-state index in [4.69, 9.17) is 0 Å². The summed E-state index contributed by atoms with van der Waals surface area (Å²) in [6.07, 6.45) is 1.99. The molecule has 1 aliphatic heterocycles. The van der Waals surface area contributed by atoms with Gasteiger partial charge >= 0.3 is 0 Å². The Balaban J connectivity index is 2.10. The zero-order chi connectivity index (χ0) is 14.7. The monoisotopic (exact) mass is 342 g/mol. The maximum absolute atomic E-state index is 13.1. The maximum Gasteiger partial charge on any atom is 0.283 e. The van der Waals surface area contributed by atoms with Crippen molar-refractivity contribution in [2.24, 2.45) is 0 Å². The molecule has 0 saturated heterocycles. The van der Waals surface area contributed by atoms with Crippen molar-refractivity contribution in [1.82, 2.24) is 4.90 Å². The summed E-state index contributed by atoms with van der Waals surface area (Å²) >= 11 is 3.09. The lowest BCUT2D eigenvalue weighted by molar-refractivity contribution is -0.385. The van der Waals surface area contributed by atoms with Gasteiger partial charge in [-0.15, -0.1) is 0 Å². The largest absolute Gasteiger partial charge is 0.335 e. The van der Waals surface area contributed by atoms with Crippen LogP contribution >= 0.6 is 15.9 Å². The van der Waals surface area contributed by atoms with Crippen molar-refractivity contribution >= 4 is 27.5 Å². The minimum absolute atomic E-state index is 0.0164. The molecular formula is C13H12BrFN2O3. The van der Waals surface area contributed by atoms with Crippen molar-refractivity contribution < 1.29 is 14.1 Å². The lowest BCUT2D eigenvalue weighted by Crippen LogP contribution is -2.36. The van der Waals surface area contributed by atoms with Crippen LogP contribution in [-0.4, -0.2) is 28.8 Å². The third kappa shape index (κ3) is 3.41. The molecule has 0 unspecified atom stereocenters. The van der Waals surface area contributed by atoms with Crippen molar-refractivity contribution in [2.75, 3.05) is 13.1 Å². The highest BCUT2D eigenvalue weighted by Crippen LogP contribution is 2.26. The van der Waals surface area contributed by atoms with Gasteiger partial charge in [0.2, 0.25) is 5.91 Å². The molecule has 0 radical (unpaired) electrons. The maximum atomic E-state index is 13.1. The number of nitrogens with zero attached hydrogens (tertiary/aromatic N) is 2. The van der Waals surface area contributed by atoms with E-state index in [0.717, 1.165) is 0 Å². The zero-order valence-electron chi connectivity index (χ0n) is 10.5. The molecule has 5 nitrogen and oxygen atoms in total. The normalized spacial score (nSPS) is 14.9. The number of amides is 1. The number of carbonyl (C=O) groups excluding carboxylic acids is 1. The summed E-state index contributed by atoms with van der Waals surface area (Å²) < 4.78 is 13.5. The Morgan fingerprint density at radius 2 is 2.25 bits per heavy atom. The quantitative estimate of drug-likeness (QED) is 0.626. The van der Waals surface area contributed by atoms with E-state index in [-0.39, 0.29) is 30.4 Å². The van der Waals surface area contributed by atoms with Gasteiger partial charge in [0, 0.05) is 12.6 Å². The molecular weight excluding hydrogens is 331 g/mol. The Kier molecular flexibility index (Phi) is 4.49. The molecule has 1 amide bonds. The first-order chi connectivity index (χ1) is 9.47. The van der Waals surface area contributed by atoms with Gasteiger partial charge in [-0.2, -0.15) is 0 Å². The van der Waals surface area contributed by atoms with Crippen LogP contribution in [0.3, 0.4) is 0 Å². The first kappa shape index (κ1) is 14.6. The summed E-state index contributed by atoms with van der Waals surface area (Å²) in [7, 11) is 0. The van der Waals surface area contributed by atoms with Gasteiger partial charge in [0.15, 0.2) is 0 Å². The van der Waals surface area contributed by atoms with Crippen LogP contribution in [0.2, 0.25) is 0 Å². The van der Waals surface area contributed by atoms with Gasteiger partial charge in [0.1, 0.15) is 5.83 Å². The standard InChI is InChI=1S/C13H12BrFN2O3/c14-11-4-3-9(6-12(11)17(19)20)7-13(18)16-5-1-2-10(15)8-16/h2-4,6H,1,5,7-8H2. The molecule has 0 spiro atoms. The van der Waals surface area contributed by atoms with Gasteiger partial charge in [-0.25, -0.2) is 4.39 Å². The minimum Gasteiger partial charge on any atom is -0.335 e. The van der Waals surface area contributed by atoms with Crippen molar-refractivity contribution in [3.05, 3.63) is 50.3 Å². The van der Waals surface area contributed by atoms with Crippen molar-refractivity contribution in [1.29, 1.82) is 0 Å².